The topological polar surface area (TPSA) is 179 Å². The van der Waals surface area contributed by atoms with Gasteiger partial charge in [0.2, 0.25) is 6.29 Å². The molecule has 1 aliphatic rings. The first-order chi connectivity index (χ1) is 18.2. The van der Waals surface area contributed by atoms with Gasteiger partial charge >= 0.3 is 29.8 Å². The van der Waals surface area contributed by atoms with E-state index in [9.17, 15) is 24.0 Å². The minimum Gasteiger partial charge on any atom is -0.467 e. The smallest absolute Gasteiger partial charge is 0.358 e. The number of nitrogens with one attached hydrogen (secondary N) is 1. The van der Waals surface area contributed by atoms with Crippen molar-refractivity contribution in [3.63, 3.8) is 0 Å². The van der Waals surface area contributed by atoms with Gasteiger partial charge in [-0.25, -0.2) is 14.6 Å². The summed E-state index contributed by atoms with van der Waals surface area (Å²) in [6, 6.07) is 0. The van der Waals surface area contributed by atoms with Gasteiger partial charge in [-0.2, -0.15) is 0 Å². The van der Waals surface area contributed by atoms with E-state index >= 15 is 0 Å². The van der Waals surface area contributed by atoms with Crippen LogP contribution in [0, 0.1) is 0 Å². The van der Waals surface area contributed by atoms with Gasteiger partial charge in [-0.15, -0.1) is 0 Å². The van der Waals surface area contributed by atoms with Gasteiger partial charge in [-0.3, -0.25) is 14.4 Å². The predicted octanol–water partition coefficient (Wildman–Crippen LogP) is 1.48. The van der Waals surface area contributed by atoms with E-state index in [4.69, 9.17) is 33.2 Å². The maximum Gasteiger partial charge on any atom is 0.358 e. The second-order valence-electron chi connectivity index (χ2n) is 9.18. The van der Waals surface area contributed by atoms with Crippen molar-refractivity contribution in [2.45, 2.75) is 97.6 Å². The Morgan fingerprint density at radius 2 is 1.49 bits per heavy atom. The van der Waals surface area contributed by atoms with Gasteiger partial charge in [0.1, 0.15) is 11.4 Å². The molecular formula is C25H36N2O12. The highest BCUT2D eigenvalue weighted by atomic mass is 16.7. The van der Waals surface area contributed by atoms with Gasteiger partial charge in [-0.05, 0) is 27.2 Å². The lowest BCUT2D eigenvalue weighted by Gasteiger charge is -2.45. The fraction of sp³-hybridized carbons (Fsp3) is 0.680. The van der Waals surface area contributed by atoms with Crippen LogP contribution in [0.2, 0.25) is 0 Å². The number of methoxy groups -OCH3 is 1. The summed E-state index contributed by atoms with van der Waals surface area (Å²) in [5.41, 5.74) is -1.20. The third-order valence-electron chi connectivity index (χ3n) is 5.56. The molecule has 39 heavy (non-hydrogen) atoms. The van der Waals surface area contributed by atoms with E-state index in [1.165, 1.54) is 0 Å². The minimum atomic E-state index is -1.63. The number of carbonyl (C=O) groups excluding carboxylic acids is 5. The Labute approximate surface area is 225 Å². The Morgan fingerprint density at radius 3 is 2.00 bits per heavy atom. The van der Waals surface area contributed by atoms with E-state index in [0.29, 0.717) is 12.2 Å². The van der Waals surface area contributed by atoms with Crippen molar-refractivity contribution in [3.05, 3.63) is 17.2 Å². The molecule has 0 unspecified atom stereocenters. The number of hydrogen-bond acceptors (Lipinski definition) is 13. The molecule has 1 N–H and O–H groups in total. The number of aryl methyl sites for hydroxylation is 1. The molecule has 5 atom stereocenters. The fourth-order valence-corrected chi connectivity index (χ4v) is 4.08. The molecule has 0 bridgehead atoms. The molecule has 1 saturated heterocycles. The Morgan fingerprint density at radius 1 is 0.923 bits per heavy atom. The van der Waals surface area contributed by atoms with Crippen molar-refractivity contribution in [3.8, 4) is 0 Å². The summed E-state index contributed by atoms with van der Waals surface area (Å²) in [6.07, 6.45) is -6.49. The second kappa shape index (κ2) is 13.5. The van der Waals surface area contributed by atoms with E-state index in [2.05, 4.69) is 9.97 Å². The van der Waals surface area contributed by atoms with Gasteiger partial charge in [-0.1, -0.05) is 6.92 Å². The highest BCUT2D eigenvalue weighted by Crippen LogP contribution is 2.36. The summed E-state index contributed by atoms with van der Waals surface area (Å²) in [5, 5.41) is 0. The van der Waals surface area contributed by atoms with Gasteiger partial charge in [0.15, 0.2) is 30.1 Å². The molecule has 0 radical (unpaired) electrons. The zero-order valence-electron chi connectivity index (χ0n) is 23.4. The minimum absolute atomic E-state index is 0.0241. The molecular weight excluding hydrogens is 520 g/mol. The molecule has 1 aliphatic heterocycles. The number of imidazole rings is 1. The molecule has 2 rings (SSSR count). The molecule has 2 heterocycles. The zero-order chi connectivity index (χ0) is 29.5. The monoisotopic (exact) mass is 556 g/mol. The van der Waals surface area contributed by atoms with E-state index in [1.54, 1.807) is 20.8 Å². The van der Waals surface area contributed by atoms with Crippen LogP contribution in [0.25, 0.3) is 0 Å². The molecule has 218 valence electrons. The van der Waals surface area contributed by atoms with E-state index in [-0.39, 0.29) is 18.0 Å². The SMILES string of the molecule is CCCc1nc(C(=O)OCC)c(C(C)(C)O[C@@H]2O[C@H](C(=O)OC)[C@@H](OC(C)=O)[C@H](OC(C)=O)[C@H]2OC(C)=O)[nH]1. The summed E-state index contributed by atoms with van der Waals surface area (Å²) in [6.45, 7) is 10.1. The average molecular weight is 557 g/mol. The number of ether oxygens (including phenoxy) is 7. The predicted molar refractivity (Wildman–Crippen MR) is 130 cm³/mol. The van der Waals surface area contributed by atoms with Crippen LogP contribution in [-0.4, -0.2) is 84.2 Å². The number of rotatable bonds is 11. The normalized spacial score (nSPS) is 22.9. The van der Waals surface area contributed by atoms with Gasteiger partial charge in [0, 0.05) is 27.2 Å². The summed E-state index contributed by atoms with van der Waals surface area (Å²) in [5.74, 6) is -3.59. The van der Waals surface area contributed by atoms with Crippen molar-refractivity contribution in [2.24, 2.45) is 0 Å². The number of hydrogen-bond donors (Lipinski definition) is 1. The highest BCUT2D eigenvalue weighted by Gasteiger charge is 2.56. The van der Waals surface area contributed by atoms with Crippen molar-refractivity contribution in [1.29, 1.82) is 0 Å². The quantitative estimate of drug-likeness (QED) is 0.306. The van der Waals surface area contributed by atoms with Crippen LogP contribution in [0.3, 0.4) is 0 Å². The van der Waals surface area contributed by atoms with E-state index in [0.717, 1.165) is 34.3 Å². The Hall–Kier alpha value is -3.52. The molecule has 0 amide bonds. The lowest BCUT2D eigenvalue weighted by atomic mass is 9.96. The molecule has 14 nitrogen and oxygen atoms in total. The van der Waals surface area contributed by atoms with Gasteiger partial charge in [0.25, 0.3) is 0 Å². The second-order valence-corrected chi connectivity index (χ2v) is 9.18. The van der Waals surface area contributed by atoms with Crippen molar-refractivity contribution >= 4 is 29.8 Å². The van der Waals surface area contributed by atoms with Crippen molar-refractivity contribution in [2.75, 3.05) is 13.7 Å². The van der Waals surface area contributed by atoms with E-state index < -0.39 is 66.2 Å². The van der Waals surface area contributed by atoms with Crippen LogP contribution in [0.4, 0.5) is 0 Å². The Kier molecular flexibility index (Phi) is 11.0. The van der Waals surface area contributed by atoms with Crippen molar-refractivity contribution in [1.82, 2.24) is 9.97 Å². The lowest BCUT2D eigenvalue weighted by Crippen LogP contribution is -2.64. The fourth-order valence-electron chi connectivity index (χ4n) is 4.08. The number of H-pyrrole nitrogens is 1. The molecule has 1 aromatic rings. The first-order valence-electron chi connectivity index (χ1n) is 12.4. The standard InChI is InChI=1S/C25H36N2O12/c1-9-11-15-26-16(22(31)34-10-2)21(27-15)25(6,7)39-24-20(37-14(5)30)18(36-13(4)29)17(35-12(3)28)19(38-24)23(32)33-8/h17-20,24H,9-11H2,1-8H3,(H,26,27)/t17-,18-,19-,20+,24-/m0/s1. The maximum atomic E-state index is 12.7. The maximum absolute atomic E-state index is 12.7. The van der Waals surface area contributed by atoms with Crippen molar-refractivity contribution < 1.29 is 57.1 Å². The molecule has 0 aliphatic carbocycles. The number of nitrogens with zero attached hydrogens (tertiary/aromatic N) is 1. The largest absolute Gasteiger partial charge is 0.467 e. The van der Waals surface area contributed by atoms with E-state index in [1.807, 2.05) is 6.92 Å². The first-order valence-corrected chi connectivity index (χ1v) is 12.4. The van der Waals surface area contributed by atoms with Crippen LogP contribution >= 0.6 is 0 Å². The van der Waals surface area contributed by atoms with Crippen LogP contribution < -0.4 is 0 Å². The van der Waals surface area contributed by atoms with Crippen LogP contribution in [0.5, 0.6) is 0 Å². The van der Waals surface area contributed by atoms with Crippen LogP contribution in [0.15, 0.2) is 0 Å². The molecule has 1 fully saturated rings. The van der Waals surface area contributed by atoms with Gasteiger partial charge < -0.3 is 38.1 Å². The third kappa shape index (κ3) is 7.99. The average Bonchev–Trinajstić information content (AvgIpc) is 3.27. The molecule has 14 heteroatoms. The van der Waals surface area contributed by atoms with Crippen LogP contribution in [-0.2, 0) is 64.4 Å². The summed E-state index contributed by atoms with van der Waals surface area (Å²) >= 11 is 0. The molecule has 1 aromatic heterocycles. The number of esters is 5. The lowest BCUT2D eigenvalue weighted by molar-refractivity contribution is -0.323. The number of aromatic amines is 1. The number of aromatic nitrogens is 2. The summed E-state index contributed by atoms with van der Waals surface area (Å²) in [7, 11) is 1.08. The molecule has 0 aromatic carbocycles. The zero-order valence-corrected chi connectivity index (χ0v) is 23.4. The Balaban J connectivity index is 2.61. The number of carbonyl (C=O) groups is 5. The first kappa shape index (κ1) is 31.7. The Bertz CT molecular complexity index is 1070. The third-order valence-corrected chi connectivity index (χ3v) is 5.56. The summed E-state index contributed by atoms with van der Waals surface area (Å²) in [4.78, 5) is 68.8. The highest BCUT2D eigenvalue weighted by molar-refractivity contribution is 5.89. The molecule has 0 saturated carbocycles. The molecule has 0 spiro atoms. The van der Waals surface area contributed by atoms with Crippen LogP contribution in [0.1, 0.15) is 76.9 Å². The van der Waals surface area contributed by atoms with Gasteiger partial charge in [0.05, 0.1) is 19.4 Å². The summed E-state index contributed by atoms with van der Waals surface area (Å²) < 4.78 is 38.0.